The van der Waals surface area contributed by atoms with E-state index in [0.29, 0.717) is 37.5 Å². The molecule has 1 aliphatic heterocycles. The highest BCUT2D eigenvalue weighted by atomic mass is 32.2. The van der Waals surface area contributed by atoms with Gasteiger partial charge in [0.15, 0.2) is 5.82 Å². The van der Waals surface area contributed by atoms with Gasteiger partial charge in [0.05, 0.1) is 24.3 Å². The fraction of sp³-hybridized carbons (Fsp3) is 0.381. The quantitative estimate of drug-likeness (QED) is 0.438. The highest BCUT2D eigenvalue weighted by Gasteiger charge is 2.26. The van der Waals surface area contributed by atoms with Gasteiger partial charge >= 0.3 is 0 Å². The van der Waals surface area contributed by atoms with Crippen molar-refractivity contribution in [2.24, 2.45) is 5.10 Å². The average Bonchev–Trinajstić information content (AvgIpc) is 3.30. The third kappa shape index (κ3) is 4.20. The maximum absolute atomic E-state index is 13.1. The van der Waals surface area contributed by atoms with Crippen molar-refractivity contribution in [2.75, 3.05) is 26.3 Å². The second kappa shape index (κ2) is 9.10. The lowest BCUT2D eigenvalue weighted by molar-refractivity contribution is 0.0730. The van der Waals surface area contributed by atoms with Gasteiger partial charge in [-0.3, -0.25) is 5.10 Å². The fourth-order valence-corrected chi connectivity index (χ4v) is 5.47. The van der Waals surface area contributed by atoms with Gasteiger partial charge in [-0.2, -0.15) is 19.2 Å². The predicted octanol–water partition coefficient (Wildman–Crippen LogP) is 2.81. The lowest BCUT2D eigenvalue weighted by Crippen LogP contribution is -2.40. The maximum Gasteiger partial charge on any atom is 0.243 e. The van der Waals surface area contributed by atoms with E-state index in [4.69, 9.17) is 17.0 Å². The van der Waals surface area contributed by atoms with Crippen LogP contribution < -0.4 is 0 Å². The Balaban J connectivity index is 1.69. The number of nitrogens with one attached hydrogen (secondary N) is 1. The third-order valence-electron chi connectivity index (χ3n) is 5.50. The van der Waals surface area contributed by atoms with E-state index in [1.807, 2.05) is 37.5 Å². The average molecular weight is 475 g/mol. The number of aromatic nitrogens is 4. The van der Waals surface area contributed by atoms with E-state index in [1.54, 1.807) is 29.1 Å². The maximum atomic E-state index is 13.1. The van der Waals surface area contributed by atoms with Crippen molar-refractivity contribution < 1.29 is 13.2 Å². The van der Waals surface area contributed by atoms with Crippen LogP contribution in [0.4, 0.5) is 0 Å². The van der Waals surface area contributed by atoms with E-state index in [9.17, 15) is 8.42 Å². The van der Waals surface area contributed by atoms with Crippen molar-refractivity contribution >= 4 is 28.5 Å². The van der Waals surface area contributed by atoms with E-state index < -0.39 is 10.0 Å². The first-order chi connectivity index (χ1) is 15.3. The molecule has 0 aliphatic carbocycles. The molecule has 1 saturated heterocycles. The number of hydrogen-bond donors (Lipinski definition) is 1. The van der Waals surface area contributed by atoms with Crippen molar-refractivity contribution in [2.45, 2.75) is 32.1 Å². The number of rotatable bonds is 6. The first-order valence-electron chi connectivity index (χ1n) is 10.4. The Morgan fingerprint density at radius 2 is 2.00 bits per heavy atom. The predicted molar refractivity (Wildman–Crippen MR) is 125 cm³/mol. The van der Waals surface area contributed by atoms with Gasteiger partial charge in [0.2, 0.25) is 14.8 Å². The van der Waals surface area contributed by atoms with E-state index in [1.165, 1.54) is 4.31 Å². The molecule has 3 aromatic rings. The van der Waals surface area contributed by atoms with Gasteiger partial charge in [0, 0.05) is 42.1 Å². The molecule has 32 heavy (non-hydrogen) atoms. The molecule has 0 bridgehead atoms. The Kier molecular flexibility index (Phi) is 6.42. The second-order valence-corrected chi connectivity index (χ2v) is 9.86. The molecule has 4 rings (SSSR count). The van der Waals surface area contributed by atoms with Crippen molar-refractivity contribution in [3.63, 3.8) is 0 Å². The van der Waals surface area contributed by atoms with Gasteiger partial charge in [-0.15, -0.1) is 0 Å². The number of morpholine rings is 1. The minimum atomic E-state index is -3.58. The molecule has 11 heteroatoms. The van der Waals surface area contributed by atoms with Crippen LogP contribution in [0.15, 0.2) is 40.3 Å². The van der Waals surface area contributed by atoms with E-state index in [2.05, 4.69) is 15.3 Å². The van der Waals surface area contributed by atoms with Gasteiger partial charge in [-0.25, -0.2) is 8.42 Å². The zero-order chi connectivity index (χ0) is 22.9. The van der Waals surface area contributed by atoms with Crippen LogP contribution in [0.1, 0.15) is 29.7 Å². The summed E-state index contributed by atoms with van der Waals surface area (Å²) >= 11 is 5.26. The summed E-state index contributed by atoms with van der Waals surface area (Å²) in [6, 6.07) is 9.04. The fourth-order valence-electron chi connectivity index (χ4n) is 3.83. The van der Waals surface area contributed by atoms with Crippen LogP contribution in [0.25, 0.3) is 5.69 Å². The largest absolute Gasteiger partial charge is 0.379 e. The van der Waals surface area contributed by atoms with Gasteiger partial charge in [-0.05, 0) is 50.3 Å². The van der Waals surface area contributed by atoms with E-state index in [-0.39, 0.29) is 4.90 Å². The number of benzene rings is 1. The number of aryl methyl sites for hydroxylation is 2. The Bertz CT molecular complexity index is 1310. The summed E-state index contributed by atoms with van der Waals surface area (Å²) in [5, 5.41) is 11.4. The summed E-state index contributed by atoms with van der Waals surface area (Å²) in [4.78, 5) is 0.275. The first kappa shape index (κ1) is 22.6. The van der Waals surface area contributed by atoms with Crippen LogP contribution in [-0.2, 0) is 21.2 Å². The zero-order valence-electron chi connectivity index (χ0n) is 18.3. The molecular formula is C21H26N6O3S2. The first-order valence-corrected chi connectivity index (χ1v) is 12.3. The summed E-state index contributed by atoms with van der Waals surface area (Å²) < 4.78 is 37.0. The van der Waals surface area contributed by atoms with Crippen molar-refractivity contribution in [1.82, 2.24) is 23.7 Å². The van der Waals surface area contributed by atoms with Crippen molar-refractivity contribution in [1.29, 1.82) is 0 Å². The Morgan fingerprint density at radius 1 is 1.25 bits per heavy atom. The van der Waals surface area contributed by atoms with Crippen LogP contribution in [-0.4, -0.2) is 64.7 Å². The minimum absolute atomic E-state index is 0.275. The van der Waals surface area contributed by atoms with Gasteiger partial charge < -0.3 is 9.30 Å². The molecule has 0 saturated carbocycles. The molecule has 0 unspecified atom stereocenters. The summed E-state index contributed by atoms with van der Waals surface area (Å²) in [6.45, 7) is 7.51. The summed E-state index contributed by atoms with van der Waals surface area (Å²) in [5.74, 6) is 0.751. The van der Waals surface area contributed by atoms with Crippen LogP contribution in [0.3, 0.4) is 0 Å². The number of ether oxygens (including phenoxy) is 1. The molecule has 0 radical (unpaired) electrons. The monoisotopic (exact) mass is 474 g/mol. The molecule has 170 valence electrons. The number of sulfonamides is 1. The molecule has 9 nitrogen and oxygen atoms in total. The standard InChI is InChI=1S/C21H26N6O3S2/c1-4-20-23-24-21(31)27(20)22-14-17-12-15(2)26(16(17)3)18-6-5-7-19(13-18)32(28,29)25-8-10-30-11-9-25/h5-7,12-14H,4,8-11H2,1-3H3,(H,24,31)/b22-14+. The van der Waals surface area contributed by atoms with Gasteiger partial charge in [0.1, 0.15) is 0 Å². The van der Waals surface area contributed by atoms with Crippen LogP contribution in [0.2, 0.25) is 0 Å². The zero-order valence-corrected chi connectivity index (χ0v) is 19.9. The summed E-state index contributed by atoms with van der Waals surface area (Å²) in [5.41, 5.74) is 3.61. The van der Waals surface area contributed by atoms with Crippen LogP contribution in [0.5, 0.6) is 0 Å². The second-order valence-electron chi connectivity index (χ2n) is 7.53. The van der Waals surface area contributed by atoms with Gasteiger partial charge in [0.25, 0.3) is 0 Å². The Morgan fingerprint density at radius 3 is 2.72 bits per heavy atom. The number of aromatic amines is 1. The van der Waals surface area contributed by atoms with E-state index >= 15 is 0 Å². The number of H-pyrrole nitrogens is 1. The molecule has 1 aromatic carbocycles. The number of hydrogen-bond acceptors (Lipinski definition) is 6. The lowest BCUT2D eigenvalue weighted by Gasteiger charge is -2.26. The van der Waals surface area contributed by atoms with E-state index in [0.717, 1.165) is 28.5 Å². The molecular weight excluding hydrogens is 448 g/mol. The minimum Gasteiger partial charge on any atom is -0.379 e. The molecule has 0 atom stereocenters. The molecule has 3 heterocycles. The SMILES string of the molecule is CCc1n[nH]c(=S)n1/N=C/c1cc(C)n(-c2cccc(S(=O)(=O)N3CCOCC3)c2)c1C. The smallest absolute Gasteiger partial charge is 0.243 e. The highest BCUT2D eigenvalue weighted by molar-refractivity contribution is 7.89. The lowest BCUT2D eigenvalue weighted by atomic mass is 10.2. The van der Waals surface area contributed by atoms with Crippen LogP contribution in [0, 0.1) is 18.6 Å². The molecule has 1 aliphatic rings. The molecule has 2 aromatic heterocycles. The Labute approximate surface area is 192 Å². The molecule has 0 spiro atoms. The topological polar surface area (TPSA) is 97.5 Å². The molecule has 0 amide bonds. The Hall–Kier alpha value is -2.60. The number of nitrogens with zero attached hydrogens (tertiary/aromatic N) is 5. The van der Waals surface area contributed by atoms with Gasteiger partial charge in [-0.1, -0.05) is 13.0 Å². The summed E-state index contributed by atoms with van der Waals surface area (Å²) in [6.07, 6.45) is 2.45. The molecule has 1 fully saturated rings. The molecule has 1 N–H and O–H groups in total. The third-order valence-corrected chi connectivity index (χ3v) is 7.66. The van der Waals surface area contributed by atoms with Crippen molar-refractivity contribution in [3.8, 4) is 5.69 Å². The van der Waals surface area contributed by atoms with Crippen molar-refractivity contribution in [3.05, 3.63) is 57.9 Å². The highest BCUT2D eigenvalue weighted by Crippen LogP contribution is 2.24. The normalized spacial score (nSPS) is 15.6. The van der Waals surface area contributed by atoms with Crippen LogP contribution >= 0.6 is 12.2 Å². The summed E-state index contributed by atoms with van der Waals surface area (Å²) in [7, 11) is -3.58.